The van der Waals surface area contributed by atoms with Crippen molar-refractivity contribution in [1.29, 1.82) is 0 Å². The molecule has 0 radical (unpaired) electrons. The summed E-state index contributed by atoms with van der Waals surface area (Å²) >= 11 is 0. The van der Waals surface area contributed by atoms with Crippen LogP contribution in [0.5, 0.6) is 0 Å². The van der Waals surface area contributed by atoms with E-state index in [0.29, 0.717) is 17.0 Å². The maximum Gasteiger partial charge on any atom is 0.311 e. The fourth-order valence-corrected chi connectivity index (χ4v) is 4.24. The van der Waals surface area contributed by atoms with Gasteiger partial charge in [-0.2, -0.15) is 0 Å². The van der Waals surface area contributed by atoms with Gasteiger partial charge in [0.1, 0.15) is 0 Å². The van der Waals surface area contributed by atoms with Gasteiger partial charge in [-0.15, -0.1) is 6.58 Å². The van der Waals surface area contributed by atoms with Crippen LogP contribution in [0.25, 0.3) is 0 Å². The van der Waals surface area contributed by atoms with Crippen LogP contribution in [0.4, 0.5) is 0 Å². The van der Waals surface area contributed by atoms with Crippen molar-refractivity contribution in [2.75, 3.05) is 0 Å². The average molecular weight is 328 g/mol. The Bertz CT molecular complexity index is 664. The molecule has 0 N–H and O–H groups in total. The van der Waals surface area contributed by atoms with Crippen molar-refractivity contribution in [3.63, 3.8) is 0 Å². The lowest BCUT2D eigenvalue weighted by Gasteiger charge is -2.19. The highest BCUT2D eigenvalue weighted by atomic mass is 31.2. The molecule has 0 atom stereocenters. The lowest BCUT2D eigenvalue weighted by Crippen LogP contribution is -2.20. The number of hydrogen-bond acceptors (Lipinski definition) is 3. The second kappa shape index (κ2) is 7.94. The van der Waals surface area contributed by atoms with E-state index < -0.39 is 13.3 Å². The minimum absolute atomic E-state index is 0.233. The van der Waals surface area contributed by atoms with Gasteiger partial charge in [-0.3, -0.25) is 9.36 Å². The third-order valence-electron chi connectivity index (χ3n) is 3.41. The quantitative estimate of drug-likeness (QED) is 0.565. The van der Waals surface area contributed by atoms with Crippen molar-refractivity contribution in [2.24, 2.45) is 0 Å². The maximum atomic E-state index is 13.5. The summed E-state index contributed by atoms with van der Waals surface area (Å²) in [5, 5.41) is 1.05. The zero-order chi connectivity index (χ0) is 16.7. The SMILES string of the molecule is C=C(C)CCCC(=O)OP(=O)(c1ccccc1)c1ccccc1. The Labute approximate surface area is 137 Å². The summed E-state index contributed by atoms with van der Waals surface area (Å²) in [6.45, 7) is 5.74. The zero-order valence-corrected chi connectivity index (χ0v) is 14.2. The first-order chi connectivity index (χ1) is 11.0. The van der Waals surface area contributed by atoms with Crippen molar-refractivity contribution in [3.8, 4) is 0 Å². The molecular weight excluding hydrogens is 307 g/mol. The van der Waals surface area contributed by atoms with Crippen LogP contribution in [-0.4, -0.2) is 5.97 Å². The lowest BCUT2D eigenvalue weighted by atomic mass is 10.1. The van der Waals surface area contributed by atoms with Crippen molar-refractivity contribution >= 4 is 23.9 Å². The Hall–Kier alpha value is -2.12. The molecule has 0 aliphatic rings. The van der Waals surface area contributed by atoms with Gasteiger partial charge in [-0.25, -0.2) is 0 Å². The van der Waals surface area contributed by atoms with Crippen LogP contribution in [0.15, 0.2) is 72.8 Å². The van der Waals surface area contributed by atoms with E-state index >= 15 is 0 Å². The minimum Gasteiger partial charge on any atom is -0.405 e. The van der Waals surface area contributed by atoms with E-state index in [0.717, 1.165) is 12.0 Å². The van der Waals surface area contributed by atoms with E-state index in [9.17, 15) is 9.36 Å². The Kier molecular flexibility index (Phi) is 5.95. The Morgan fingerprint density at radius 2 is 1.43 bits per heavy atom. The normalized spacial score (nSPS) is 11.0. The van der Waals surface area contributed by atoms with Crippen LogP contribution in [0.2, 0.25) is 0 Å². The number of hydrogen-bond donors (Lipinski definition) is 0. The highest BCUT2D eigenvalue weighted by Gasteiger charge is 2.31. The van der Waals surface area contributed by atoms with E-state index in [-0.39, 0.29) is 6.42 Å². The van der Waals surface area contributed by atoms with Gasteiger partial charge in [0.15, 0.2) is 0 Å². The standard InChI is InChI=1S/C19H21O3P/c1-16(2)10-9-15-19(20)22-23(21,17-11-5-3-6-12-17)18-13-7-4-8-14-18/h3-8,11-14H,1,9-10,15H2,2H3. The van der Waals surface area contributed by atoms with E-state index in [1.54, 1.807) is 48.5 Å². The molecule has 0 saturated heterocycles. The molecule has 0 spiro atoms. The largest absolute Gasteiger partial charge is 0.405 e. The molecule has 120 valence electrons. The van der Waals surface area contributed by atoms with Gasteiger partial charge in [-0.05, 0) is 44.0 Å². The van der Waals surface area contributed by atoms with E-state index in [1.807, 2.05) is 19.1 Å². The van der Waals surface area contributed by atoms with Gasteiger partial charge in [0.2, 0.25) is 0 Å². The van der Waals surface area contributed by atoms with Crippen LogP contribution in [0.3, 0.4) is 0 Å². The molecule has 3 nitrogen and oxygen atoms in total. The maximum absolute atomic E-state index is 13.5. The minimum atomic E-state index is -3.42. The molecule has 23 heavy (non-hydrogen) atoms. The van der Waals surface area contributed by atoms with Crippen molar-refractivity contribution in [3.05, 3.63) is 72.8 Å². The fraction of sp³-hybridized carbons (Fsp3) is 0.211. The van der Waals surface area contributed by atoms with Crippen LogP contribution in [-0.2, 0) is 13.9 Å². The molecule has 0 bridgehead atoms. The average Bonchev–Trinajstić information content (AvgIpc) is 2.56. The van der Waals surface area contributed by atoms with E-state index in [2.05, 4.69) is 6.58 Å². The molecule has 4 heteroatoms. The highest BCUT2D eigenvalue weighted by molar-refractivity contribution is 7.74. The fourth-order valence-electron chi connectivity index (χ4n) is 2.23. The summed E-state index contributed by atoms with van der Waals surface area (Å²) in [4.78, 5) is 12.2. The molecule has 0 fully saturated rings. The molecule has 0 unspecified atom stereocenters. The second-order valence-corrected chi connectivity index (χ2v) is 7.81. The van der Waals surface area contributed by atoms with Gasteiger partial charge in [-0.1, -0.05) is 42.0 Å². The number of carbonyl (C=O) groups excluding carboxylic acids is 1. The highest BCUT2D eigenvalue weighted by Crippen LogP contribution is 2.45. The first-order valence-corrected chi connectivity index (χ1v) is 9.23. The second-order valence-electron chi connectivity index (χ2n) is 5.50. The van der Waals surface area contributed by atoms with Crippen LogP contribution in [0, 0.1) is 0 Å². The zero-order valence-electron chi connectivity index (χ0n) is 13.3. The molecule has 2 aromatic rings. The topological polar surface area (TPSA) is 43.4 Å². The summed E-state index contributed by atoms with van der Waals surface area (Å²) in [5.41, 5.74) is 1.02. The Morgan fingerprint density at radius 3 is 1.87 bits per heavy atom. The molecule has 0 heterocycles. The predicted octanol–water partition coefficient (Wildman–Crippen LogP) is 4.21. The summed E-state index contributed by atoms with van der Waals surface area (Å²) < 4.78 is 18.9. The molecule has 0 aliphatic carbocycles. The number of benzene rings is 2. The molecule has 2 rings (SSSR count). The van der Waals surface area contributed by atoms with Crippen LogP contribution in [0.1, 0.15) is 26.2 Å². The van der Waals surface area contributed by atoms with Crippen molar-refractivity contribution < 1.29 is 13.9 Å². The van der Waals surface area contributed by atoms with Gasteiger partial charge >= 0.3 is 13.3 Å². The molecule has 2 aromatic carbocycles. The van der Waals surface area contributed by atoms with Crippen molar-refractivity contribution in [1.82, 2.24) is 0 Å². The first-order valence-electron chi connectivity index (χ1n) is 7.60. The van der Waals surface area contributed by atoms with Gasteiger partial charge < -0.3 is 4.52 Å². The van der Waals surface area contributed by atoms with Crippen LogP contribution >= 0.6 is 7.37 Å². The molecular formula is C19H21O3P. The monoisotopic (exact) mass is 328 g/mol. The summed E-state index contributed by atoms with van der Waals surface area (Å²) in [5.74, 6) is -0.442. The van der Waals surface area contributed by atoms with E-state index in [4.69, 9.17) is 4.52 Å². The molecule has 0 aromatic heterocycles. The smallest absolute Gasteiger partial charge is 0.311 e. The first kappa shape index (κ1) is 17.2. The third-order valence-corrected chi connectivity index (χ3v) is 5.82. The van der Waals surface area contributed by atoms with Gasteiger partial charge in [0, 0.05) is 6.42 Å². The third kappa shape index (κ3) is 4.67. The lowest BCUT2D eigenvalue weighted by molar-refractivity contribution is -0.134. The summed E-state index contributed by atoms with van der Waals surface area (Å²) in [6, 6.07) is 17.8. The van der Waals surface area contributed by atoms with Crippen LogP contribution < -0.4 is 10.6 Å². The molecule has 0 saturated carbocycles. The number of carbonyl (C=O) groups is 1. The number of rotatable bonds is 7. The van der Waals surface area contributed by atoms with Crippen molar-refractivity contribution in [2.45, 2.75) is 26.2 Å². The van der Waals surface area contributed by atoms with Gasteiger partial charge in [0.05, 0.1) is 10.6 Å². The van der Waals surface area contributed by atoms with E-state index in [1.165, 1.54) is 0 Å². The predicted molar refractivity (Wildman–Crippen MR) is 94.5 cm³/mol. The summed E-state index contributed by atoms with van der Waals surface area (Å²) in [7, 11) is -3.42. The Balaban J connectivity index is 2.24. The Morgan fingerprint density at radius 1 is 0.957 bits per heavy atom. The number of allylic oxidation sites excluding steroid dienone is 1. The molecule has 0 amide bonds. The van der Waals surface area contributed by atoms with Gasteiger partial charge in [0.25, 0.3) is 0 Å². The summed E-state index contributed by atoms with van der Waals surface area (Å²) in [6.07, 6.45) is 1.64. The molecule has 0 aliphatic heterocycles.